The van der Waals surface area contributed by atoms with Gasteiger partial charge in [0.2, 0.25) is 0 Å². The minimum Gasteiger partial charge on any atom is -0.0999 e. The molecular formula is C32H58. The van der Waals surface area contributed by atoms with Crippen LogP contribution in [0.15, 0.2) is 60.8 Å². The van der Waals surface area contributed by atoms with Gasteiger partial charge in [-0.1, -0.05) is 109 Å². The molecule has 0 saturated heterocycles. The second kappa shape index (κ2) is 21.5. The van der Waals surface area contributed by atoms with E-state index in [4.69, 9.17) is 0 Å². The molecule has 0 fully saturated rings. The maximum absolute atomic E-state index is 4.16. The highest BCUT2D eigenvalue weighted by atomic mass is 14.2. The van der Waals surface area contributed by atoms with E-state index in [0.29, 0.717) is 0 Å². The van der Waals surface area contributed by atoms with Crippen LogP contribution < -0.4 is 0 Å². The van der Waals surface area contributed by atoms with E-state index in [1.54, 1.807) is 0 Å². The molecule has 0 aromatic heterocycles. The van der Waals surface area contributed by atoms with Crippen molar-refractivity contribution in [3.05, 3.63) is 60.8 Å². The quantitative estimate of drug-likeness (QED) is 0.174. The van der Waals surface area contributed by atoms with Crippen molar-refractivity contribution in [1.29, 1.82) is 0 Å². The average Bonchev–Trinajstić information content (AvgIpc) is 2.82. The zero-order valence-electron chi connectivity index (χ0n) is 23.1. The van der Waals surface area contributed by atoms with Crippen LogP contribution >= 0.6 is 0 Å². The Hall–Kier alpha value is -1.30. The van der Waals surface area contributed by atoms with Crippen molar-refractivity contribution in [3.63, 3.8) is 0 Å². The topological polar surface area (TPSA) is 0 Å². The predicted octanol–water partition coefficient (Wildman–Crippen LogP) is 11.6. The molecule has 0 amide bonds. The van der Waals surface area contributed by atoms with Gasteiger partial charge in [-0.15, -0.1) is 0 Å². The van der Waals surface area contributed by atoms with E-state index in [-0.39, 0.29) is 0 Å². The van der Waals surface area contributed by atoms with Crippen molar-refractivity contribution in [2.45, 2.75) is 131 Å². The minimum absolute atomic E-state index is 0.768. The number of allylic oxidation sites excluding steroid dienone is 5. The van der Waals surface area contributed by atoms with Gasteiger partial charge in [-0.05, 0) is 95.3 Å². The SMILES string of the molecule is C=C(CC)CCC(CC)CC(=C)CC.C=C(CC)CCC(CCC(=C)CC)CC(=C)CC. The molecule has 0 aromatic carbocycles. The molecule has 0 aliphatic rings. The molecule has 0 aliphatic heterocycles. The third kappa shape index (κ3) is 19.4. The molecule has 32 heavy (non-hydrogen) atoms. The highest BCUT2D eigenvalue weighted by Crippen LogP contribution is 2.27. The van der Waals surface area contributed by atoms with Gasteiger partial charge in [0.05, 0.1) is 0 Å². The Balaban J connectivity index is 0. The van der Waals surface area contributed by atoms with Gasteiger partial charge in [-0.3, -0.25) is 0 Å². The summed E-state index contributed by atoms with van der Waals surface area (Å²) in [6.45, 7) is 33.8. The van der Waals surface area contributed by atoms with Gasteiger partial charge in [-0.25, -0.2) is 0 Å². The predicted molar refractivity (Wildman–Crippen MR) is 151 cm³/mol. The molecule has 1 atom stereocenters. The standard InChI is InChI=1S/C18H32.C14H26/c1-7-15(4)10-12-18(14-17(6)9-3)13-11-16(5)8-2;1-6-12(4)9-10-14(8-3)11-13(5)7-2/h18H,4-14H2,1-3H3;14H,4-11H2,1-3H3. The summed E-state index contributed by atoms with van der Waals surface area (Å²) in [5.41, 5.74) is 6.96. The molecule has 0 saturated carbocycles. The fourth-order valence-corrected chi connectivity index (χ4v) is 3.66. The Labute approximate surface area is 204 Å². The van der Waals surface area contributed by atoms with Crippen LogP contribution in [0.1, 0.15) is 131 Å². The average molecular weight is 443 g/mol. The van der Waals surface area contributed by atoms with Crippen molar-refractivity contribution in [3.8, 4) is 0 Å². The molecule has 0 heterocycles. The largest absolute Gasteiger partial charge is 0.0999 e. The van der Waals surface area contributed by atoms with Crippen LogP contribution in [0.2, 0.25) is 0 Å². The third-order valence-electron chi connectivity index (χ3n) is 6.95. The zero-order valence-corrected chi connectivity index (χ0v) is 23.1. The summed E-state index contributed by atoms with van der Waals surface area (Å²) in [5, 5.41) is 0. The van der Waals surface area contributed by atoms with E-state index in [1.165, 1.54) is 85.7 Å². The first-order valence-electron chi connectivity index (χ1n) is 13.5. The highest BCUT2D eigenvalue weighted by Gasteiger charge is 2.11. The molecule has 186 valence electrons. The maximum atomic E-state index is 4.16. The second-order valence-corrected chi connectivity index (χ2v) is 9.68. The Morgan fingerprint density at radius 3 is 1.00 bits per heavy atom. The molecule has 0 aliphatic carbocycles. The van der Waals surface area contributed by atoms with Gasteiger partial charge < -0.3 is 0 Å². The summed E-state index contributed by atoms with van der Waals surface area (Å²) in [6, 6.07) is 0. The Kier molecular flexibility index (Phi) is 22.1. The van der Waals surface area contributed by atoms with Crippen LogP contribution in [0, 0.1) is 11.8 Å². The third-order valence-corrected chi connectivity index (χ3v) is 6.95. The molecule has 0 bridgehead atoms. The molecule has 0 N–H and O–H groups in total. The van der Waals surface area contributed by atoms with E-state index in [2.05, 4.69) is 74.4 Å². The minimum atomic E-state index is 0.768. The normalized spacial score (nSPS) is 11.5. The lowest BCUT2D eigenvalue weighted by Crippen LogP contribution is -2.03. The molecular weight excluding hydrogens is 384 g/mol. The van der Waals surface area contributed by atoms with Crippen molar-refractivity contribution in [1.82, 2.24) is 0 Å². The zero-order chi connectivity index (χ0) is 24.9. The van der Waals surface area contributed by atoms with Crippen molar-refractivity contribution < 1.29 is 0 Å². The molecule has 0 radical (unpaired) electrons. The molecule has 1 unspecified atom stereocenters. The maximum Gasteiger partial charge on any atom is -0.0294 e. The fourth-order valence-electron chi connectivity index (χ4n) is 3.66. The number of hydrogen-bond donors (Lipinski definition) is 0. The molecule has 0 aromatic rings. The number of rotatable bonds is 19. The lowest BCUT2D eigenvalue weighted by Gasteiger charge is -2.18. The van der Waals surface area contributed by atoms with E-state index >= 15 is 0 Å². The molecule has 0 heteroatoms. The van der Waals surface area contributed by atoms with Crippen LogP contribution in [0.25, 0.3) is 0 Å². The van der Waals surface area contributed by atoms with Crippen LogP contribution in [0.5, 0.6) is 0 Å². The summed E-state index contributed by atoms with van der Waals surface area (Å²) < 4.78 is 0. The van der Waals surface area contributed by atoms with Gasteiger partial charge in [-0.2, -0.15) is 0 Å². The summed E-state index contributed by atoms with van der Waals surface area (Å²) >= 11 is 0. The summed E-state index contributed by atoms with van der Waals surface area (Å²) in [4.78, 5) is 0. The first-order chi connectivity index (χ1) is 15.2. The molecule has 0 nitrogen and oxygen atoms in total. The van der Waals surface area contributed by atoms with E-state index in [9.17, 15) is 0 Å². The van der Waals surface area contributed by atoms with E-state index in [1.807, 2.05) is 0 Å². The monoisotopic (exact) mass is 442 g/mol. The molecule has 0 spiro atoms. The first-order valence-corrected chi connectivity index (χ1v) is 13.5. The second-order valence-electron chi connectivity index (χ2n) is 9.68. The first kappa shape index (κ1) is 32.9. The summed E-state index contributed by atoms with van der Waals surface area (Å²) in [6.07, 6.45) is 16.7. The Morgan fingerprint density at radius 2 is 0.719 bits per heavy atom. The van der Waals surface area contributed by atoms with Crippen LogP contribution in [-0.4, -0.2) is 0 Å². The van der Waals surface area contributed by atoms with Gasteiger partial charge >= 0.3 is 0 Å². The van der Waals surface area contributed by atoms with E-state index in [0.717, 1.165) is 43.9 Å². The number of hydrogen-bond acceptors (Lipinski definition) is 0. The Bertz CT molecular complexity index is 524. The summed E-state index contributed by atoms with van der Waals surface area (Å²) in [5.74, 6) is 1.59. The van der Waals surface area contributed by atoms with Gasteiger partial charge in [0.15, 0.2) is 0 Å². The van der Waals surface area contributed by atoms with E-state index < -0.39 is 0 Å². The van der Waals surface area contributed by atoms with Crippen LogP contribution in [0.4, 0.5) is 0 Å². The van der Waals surface area contributed by atoms with Crippen molar-refractivity contribution >= 4 is 0 Å². The highest BCUT2D eigenvalue weighted by molar-refractivity contribution is 5.00. The van der Waals surface area contributed by atoms with Crippen molar-refractivity contribution in [2.75, 3.05) is 0 Å². The lowest BCUT2D eigenvalue weighted by atomic mass is 9.87. The summed E-state index contributed by atoms with van der Waals surface area (Å²) in [7, 11) is 0. The van der Waals surface area contributed by atoms with Crippen LogP contribution in [0.3, 0.4) is 0 Å². The van der Waals surface area contributed by atoms with Gasteiger partial charge in [0.1, 0.15) is 0 Å². The van der Waals surface area contributed by atoms with Gasteiger partial charge in [0, 0.05) is 0 Å². The molecule has 0 rings (SSSR count). The van der Waals surface area contributed by atoms with Crippen molar-refractivity contribution in [2.24, 2.45) is 11.8 Å². The smallest absolute Gasteiger partial charge is 0.0294 e. The van der Waals surface area contributed by atoms with Gasteiger partial charge in [0.25, 0.3) is 0 Å². The lowest BCUT2D eigenvalue weighted by molar-refractivity contribution is 0.439. The fraction of sp³-hybridized carbons (Fsp3) is 0.688. The Morgan fingerprint density at radius 1 is 0.438 bits per heavy atom. The van der Waals surface area contributed by atoms with Crippen LogP contribution in [-0.2, 0) is 0 Å².